The molecule has 0 bridgehead atoms. The zero-order chi connectivity index (χ0) is 11.3. The van der Waals surface area contributed by atoms with Crippen LogP contribution < -0.4 is 5.73 Å². The fraction of sp³-hybridized carbons (Fsp3) is 0.545. The first-order chi connectivity index (χ1) is 7.66. The molecule has 1 aromatic rings. The lowest BCUT2D eigenvalue weighted by Gasteiger charge is -2.23. The molecule has 0 saturated carbocycles. The quantitative estimate of drug-likeness (QED) is 0.693. The van der Waals surface area contributed by atoms with Crippen LogP contribution in [0.25, 0.3) is 0 Å². The number of rotatable bonds is 0. The molecule has 1 aliphatic carbocycles. The van der Waals surface area contributed by atoms with Crippen LogP contribution >= 0.6 is 24.2 Å². The number of anilines is 1. The van der Waals surface area contributed by atoms with Crippen LogP contribution in [0.4, 0.5) is 5.00 Å². The number of nitrogens with two attached hydrogens (primary N) is 1. The minimum Gasteiger partial charge on any atom is -0.389 e. The van der Waals surface area contributed by atoms with E-state index in [4.69, 9.17) is 5.73 Å². The summed E-state index contributed by atoms with van der Waals surface area (Å²) in [4.78, 5) is 1.33. The highest BCUT2D eigenvalue weighted by Crippen LogP contribution is 2.51. The number of nitrogens with zero attached hydrogens (tertiary/aromatic N) is 2. The molecule has 3 rings (SSSR count). The number of fused-ring (bicyclic) bond motifs is 2. The summed E-state index contributed by atoms with van der Waals surface area (Å²) in [5.41, 5.74) is 8.06. The minimum atomic E-state index is 0.163. The monoisotopic (exact) mass is 251 g/mol. The Bertz CT molecular complexity index is 488. The third-order valence-electron chi connectivity index (χ3n) is 3.81. The molecular weight excluding hydrogens is 238 g/mol. The molecule has 0 radical (unpaired) electrons. The molecule has 16 heavy (non-hydrogen) atoms. The van der Waals surface area contributed by atoms with E-state index in [-0.39, 0.29) is 5.41 Å². The standard InChI is InChI=1S/C11H13N3S2/c12-5-7-9-8(16-10(7)13)1-2-11(9)3-4-14(15)6-11/h15H,1-4,6,13H2. The number of aryl methyl sites for hydroxylation is 1. The predicted octanol–water partition coefficient (Wildman–Crippen LogP) is 1.94. The number of nitrogen functional groups attached to an aromatic ring is 1. The first-order valence-electron chi connectivity index (χ1n) is 5.42. The van der Waals surface area contributed by atoms with Gasteiger partial charge in [0.05, 0.1) is 5.56 Å². The van der Waals surface area contributed by atoms with Crippen LogP contribution in [0.3, 0.4) is 0 Å². The van der Waals surface area contributed by atoms with Crippen LogP contribution in [0, 0.1) is 11.3 Å². The second-order valence-corrected chi connectivity index (χ2v) is 6.37. The van der Waals surface area contributed by atoms with Gasteiger partial charge in [-0.25, -0.2) is 0 Å². The lowest BCUT2D eigenvalue weighted by molar-refractivity contribution is 0.441. The van der Waals surface area contributed by atoms with Crippen LogP contribution in [0.15, 0.2) is 0 Å². The first-order valence-corrected chi connectivity index (χ1v) is 6.63. The van der Waals surface area contributed by atoms with Gasteiger partial charge in [-0.2, -0.15) is 5.26 Å². The fourth-order valence-corrected chi connectivity index (χ4v) is 4.59. The van der Waals surface area contributed by atoms with Crippen molar-refractivity contribution in [1.29, 1.82) is 5.26 Å². The van der Waals surface area contributed by atoms with E-state index in [1.807, 2.05) is 0 Å². The molecule has 1 saturated heterocycles. The van der Waals surface area contributed by atoms with Gasteiger partial charge in [-0.3, -0.25) is 4.31 Å². The summed E-state index contributed by atoms with van der Waals surface area (Å²) in [6.45, 7) is 1.96. The lowest BCUT2D eigenvalue weighted by Crippen LogP contribution is -2.26. The van der Waals surface area contributed by atoms with Gasteiger partial charge in [0.15, 0.2) is 0 Å². The van der Waals surface area contributed by atoms with Crippen molar-refractivity contribution < 1.29 is 0 Å². The molecule has 1 aromatic heterocycles. The molecule has 1 spiro atoms. The van der Waals surface area contributed by atoms with E-state index in [0.29, 0.717) is 5.00 Å². The van der Waals surface area contributed by atoms with Crippen LogP contribution in [0.5, 0.6) is 0 Å². The maximum absolute atomic E-state index is 9.23. The van der Waals surface area contributed by atoms with Gasteiger partial charge >= 0.3 is 0 Å². The van der Waals surface area contributed by atoms with Gasteiger partial charge in [-0.05, 0) is 24.8 Å². The fourth-order valence-electron chi connectivity index (χ4n) is 3.08. The molecule has 2 aliphatic rings. The summed E-state index contributed by atoms with van der Waals surface area (Å²) in [6.07, 6.45) is 3.34. The molecular formula is C11H13N3S2. The third-order valence-corrected chi connectivity index (χ3v) is 5.23. The number of hydrogen-bond acceptors (Lipinski definition) is 5. The normalized spacial score (nSPS) is 28.5. The van der Waals surface area contributed by atoms with Gasteiger partial charge < -0.3 is 5.73 Å². The Morgan fingerprint density at radius 2 is 2.31 bits per heavy atom. The second kappa shape index (κ2) is 3.39. The highest BCUT2D eigenvalue weighted by Gasteiger charge is 2.46. The van der Waals surface area contributed by atoms with E-state index in [1.165, 1.54) is 10.4 Å². The predicted molar refractivity (Wildman–Crippen MR) is 68.6 cm³/mol. The minimum absolute atomic E-state index is 0.163. The average molecular weight is 251 g/mol. The van der Waals surface area contributed by atoms with E-state index in [9.17, 15) is 5.26 Å². The van der Waals surface area contributed by atoms with Crippen molar-refractivity contribution in [1.82, 2.24) is 4.31 Å². The van der Waals surface area contributed by atoms with Gasteiger partial charge in [0.25, 0.3) is 0 Å². The molecule has 2 N–H and O–H groups in total. The van der Waals surface area contributed by atoms with Crippen molar-refractivity contribution in [3.05, 3.63) is 16.0 Å². The van der Waals surface area contributed by atoms with E-state index < -0.39 is 0 Å². The van der Waals surface area contributed by atoms with Crippen LogP contribution in [0.1, 0.15) is 28.8 Å². The summed E-state index contributed by atoms with van der Waals surface area (Å²) in [6, 6.07) is 2.28. The average Bonchev–Trinajstić information content (AvgIpc) is 2.86. The van der Waals surface area contributed by atoms with Crippen molar-refractivity contribution >= 4 is 29.2 Å². The Kier molecular flexibility index (Phi) is 2.22. The van der Waals surface area contributed by atoms with Crippen molar-refractivity contribution in [2.45, 2.75) is 24.7 Å². The Balaban J connectivity index is 2.15. The largest absolute Gasteiger partial charge is 0.389 e. The molecule has 1 unspecified atom stereocenters. The van der Waals surface area contributed by atoms with Gasteiger partial charge in [0.2, 0.25) is 0 Å². The molecule has 0 amide bonds. The number of hydrogen-bond donors (Lipinski definition) is 2. The maximum Gasteiger partial charge on any atom is 0.104 e. The smallest absolute Gasteiger partial charge is 0.104 e. The van der Waals surface area contributed by atoms with Crippen LogP contribution in [-0.2, 0) is 11.8 Å². The van der Waals surface area contributed by atoms with Crippen LogP contribution in [0.2, 0.25) is 0 Å². The maximum atomic E-state index is 9.23. The molecule has 1 aliphatic heterocycles. The number of thiophene rings is 1. The van der Waals surface area contributed by atoms with Gasteiger partial charge in [-0.15, -0.1) is 11.3 Å². The van der Waals surface area contributed by atoms with Crippen LogP contribution in [-0.4, -0.2) is 17.4 Å². The molecule has 1 fully saturated rings. The zero-order valence-corrected chi connectivity index (χ0v) is 10.6. The molecule has 2 heterocycles. The number of thiol groups is 1. The van der Waals surface area contributed by atoms with Crippen molar-refractivity contribution in [2.75, 3.05) is 18.8 Å². The molecule has 0 aromatic carbocycles. The van der Waals surface area contributed by atoms with E-state index >= 15 is 0 Å². The highest BCUT2D eigenvalue weighted by atomic mass is 32.1. The summed E-state index contributed by atoms with van der Waals surface area (Å²) in [5.74, 6) is 0. The Morgan fingerprint density at radius 3 is 2.94 bits per heavy atom. The topological polar surface area (TPSA) is 53.1 Å². The Hall–Kier alpha value is -0.700. The van der Waals surface area contributed by atoms with E-state index in [2.05, 4.69) is 23.2 Å². The Morgan fingerprint density at radius 1 is 1.50 bits per heavy atom. The van der Waals surface area contributed by atoms with Crippen molar-refractivity contribution in [3.8, 4) is 6.07 Å². The SMILES string of the molecule is N#Cc1c(N)sc2c1C1(CC2)CCN(S)C1. The van der Waals surface area contributed by atoms with Gasteiger partial charge in [0.1, 0.15) is 11.1 Å². The third kappa shape index (κ3) is 1.24. The molecule has 84 valence electrons. The summed E-state index contributed by atoms with van der Waals surface area (Å²) < 4.78 is 2.06. The van der Waals surface area contributed by atoms with Gasteiger partial charge in [-0.1, -0.05) is 12.8 Å². The first kappa shape index (κ1) is 10.5. The Labute approximate surface area is 104 Å². The summed E-state index contributed by atoms with van der Waals surface area (Å²) in [5, 5.41) is 9.92. The zero-order valence-electron chi connectivity index (χ0n) is 8.86. The molecule has 3 nitrogen and oxygen atoms in total. The molecule has 5 heteroatoms. The highest BCUT2D eigenvalue weighted by molar-refractivity contribution is 7.77. The lowest BCUT2D eigenvalue weighted by atomic mass is 9.80. The van der Waals surface area contributed by atoms with E-state index in [1.54, 1.807) is 11.3 Å². The number of nitriles is 1. The van der Waals surface area contributed by atoms with Crippen molar-refractivity contribution in [2.24, 2.45) is 0 Å². The summed E-state index contributed by atoms with van der Waals surface area (Å²) in [7, 11) is 0. The second-order valence-electron chi connectivity index (χ2n) is 4.67. The molecule has 1 atom stereocenters. The van der Waals surface area contributed by atoms with Crippen molar-refractivity contribution in [3.63, 3.8) is 0 Å². The van der Waals surface area contributed by atoms with Gasteiger partial charge in [0, 0.05) is 23.4 Å². The van der Waals surface area contributed by atoms with E-state index in [0.717, 1.165) is 37.9 Å². The summed E-state index contributed by atoms with van der Waals surface area (Å²) >= 11 is 6.03.